The molecule has 0 aromatic carbocycles. The number of hydrogen-bond donors (Lipinski definition) is 3. The van der Waals surface area contributed by atoms with Gasteiger partial charge in [0, 0.05) is 19.4 Å². The van der Waals surface area contributed by atoms with Crippen LogP contribution in [0.5, 0.6) is 0 Å². The third-order valence-corrected chi connectivity index (χ3v) is 9.20. The predicted octanol–water partition coefficient (Wildman–Crippen LogP) is 10.6. The van der Waals surface area contributed by atoms with Crippen LogP contribution in [0.1, 0.15) is 219 Å². The molecule has 3 amide bonds. The van der Waals surface area contributed by atoms with Gasteiger partial charge in [-0.15, -0.1) is 0 Å². The number of carbonyl (C=O) groups excluding carboxylic acids is 3. The summed E-state index contributed by atoms with van der Waals surface area (Å²) in [7, 11) is 0. The molecule has 0 aliphatic carbocycles. The molecule has 0 saturated carbocycles. The second kappa shape index (κ2) is 35.3. The average Bonchev–Trinajstić information content (AvgIpc) is 3.02. The molecule has 0 radical (unpaired) electrons. The first-order valence-electron chi connectivity index (χ1n) is 19.9. The third kappa shape index (κ3) is 33.6. The van der Waals surface area contributed by atoms with E-state index >= 15 is 0 Å². The number of hydrogen-bond acceptors (Lipinski definition) is 3. The molecule has 45 heavy (non-hydrogen) atoms. The van der Waals surface area contributed by atoms with Gasteiger partial charge in [0.05, 0.1) is 0 Å². The molecule has 0 spiro atoms. The first-order valence-corrected chi connectivity index (χ1v) is 19.9. The summed E-state index contributed by atoms with van der Waals surface area (Å²) in [4.78, 5) is 36.4. The molecule has 0 aliphatic heterocycles. The van der Waals surface area contributed by atoms with Crippen LogP contribution in [-0.2, 0) is 14.4 Å². The van der Waals surface area contributed by atoms with Crippen LogP contribution in [0.3, 0.4) is 0 Å². The van der Waals surface area contributed by atoms with E-state index in [1.807, 2.05) is 0 Å². The number of rotatable bonds is 36. The van der Waals surface area contributed by atoms with Crippen molar-refractivity contribution in [1.29, 1.82) is 0 Å². The molecule has 0 rings (SSSR count). The largest absolute Gasteiger partial charge is 0.368 e. The lowest BCUT2D eigenvalue weighted by atomic mass is 10.0. The molecule has 0 aromatic heterocycles. The van der Waals surface area contributed by atoms with Crippen LogP contribution >= 0.6 is 0 Å². The Kier molecular flexibility index (Phi) is 34.0. The van der Waals surface area contributed by atoms with Crippen LogP contribution in [-0.4, -0.2) is 30.3 Å². The summed E-state index contributed by atoms with van der Waals surface area (Å²) < 4.78 is 0. The monoisotopic (exact) mass is 636 g/mol. The van der Waals surface area contributed by atoms with Gasteiger partial charge in [-0.3, -0.25) is 14.4 Å². The van der Waals surface area contributed by atoms with Gasteiger partial charge in [-0.1, -0.05) is 194 Å². The molecular weight excluding hydrogens is 558 g/mol. The summed E-state index contributed by atoms with van der Waals surface area (Å²) in [5.74, 6) is -0.843. The highest BCUT2D eigenvalue weighted by Crippen LogP contribution is 2.15. The van der Waals surface area contributed by atoms with E-state index in [2.05, 4.69) is 24.5 Å². The van der Waals surface area contributed by atoms with Gasteiger partial charge in [0.25, 0.3) is 0 Å². The van der Waals surface area contributed by atoms with E-state index in [1.54, 1.807) is 0 Å². The Morgan fingerprint density at radius 3 is 0.978 bits per heavy atom. The van der Waals surface area contributed by atoms with Crippen molar-refractivity contribution in [2.75, 3.05) is 6.54 Å². The van der Waals surface area contributed by atoms with Gasteiger partial charge in [-0.2, -0.15) is 0 Å². The minimum absolute atomic E-state index is 0.0670. The summed E-state index contributed by atoms with van der Waals surface area (Å²) in [6.45, 7) is 4.60. The fraction of sp³-hybridized carbons (Fsp3) is 0.923. The molecule has 4 N–H and O–H groups in total. The fourth-order valence-electron chi connectivity index (χ4n) is 6.11. The smallest absolute Gasteiger partial charge is 0.241 e. The van der Waals surface area contributed by atoms with Crippen molar-refractivity contribution in [2.45, 2.75) is 225 Å². The lowest BCUT2D eigenvalue weighted by molar-refractivity contribution is -0.128. The standard InChI is InChI=1S/C39H77N3O3/c1-3-5-7-9-11-13-15-17-19-21-23-25-27-29-31-33-37(43)41-35-36(39(40)45)42-38(44)34-32-30-28-26-24-22-20-18-16-14-12-10-8-6-4-2/h36H,3-35H2,1-2H3,(H2,40,45)(H,41,43)(H,42,44). The number of carbonyl (C=O) groups is 3. The molecule has 0 heterocycles. The van der Waals surface area contributed by atoms with E-state index in [0.717, 1.165) is 32.1 Å². The van der Waals surface area contributed by atoms with Crippen LogP contribution in [0.25, 0.3) is 0 Å². The highest BCUT2D eigenvalue weighted by molar-refractivity contribution is 5.87. The van der Waals surface area contributed by atoms with Crippen LogP contribution in [0.2, 0.25) is 0 Å². The number of unbranched alkanes of at least 4 members (excludes halogenated alkanes) is 28. The quantitative estimate of drug-likeness (QED) is 0.0597. The summed E-state index contributed by atoms with van der Waals surface area (Å²) in [6.07, 6.45) is 39.5. The molecule has 0 saturated heterocycles. The van der Waals surface area contributed by atoms with Gasteiger partial charge < -0.3 is 16.4 Å². The van der Waals surface area contributed by atoms with Crippen LogP contribution in [0.4, 0.5) is 0 Å². The fourth-order valence-corrected chi connectivity index (χ4v) is 6.11. The summed E-state index contributed by atoms with van der Waals surface area (Å²) >= 11 is 0. The zero-order valence-corrected chi connectivity index (χ0v) is 30.2. The van der Waals surface area contributed by atoms with Gasteiger partial charge in [0.1, 0.15) is 6.04 Å². The topological polar surface area (TPSA) is 101 Å². The lowest BCUT2D eigenvalue weighted by Crippen LogP contribution is -2.51. The van der Waals surface area contributed by atoms with E-state index in [4.69, 9.17) is 5.73 Å². The minimum atomic E-state index is -0.848. The second-order valence-corrected chi connectivity index (χ2v) is 13.7. The molecule has 0 aromatic rings. The maximum atomic E-state index is 12.3. The number of primary amides is 1. The van der Waals surface area contributed by atoms with Crippen molar-refractivity contribution in [3.05, 3.63) is 0 Å². The Balaban J connectivity index is 3.61. The molecule has 266 valence electrons. The first kappa shape index (κ1) is 43.4. The van der Waals surface area contributed by atoms with Crippen molar-refractivity contribution < 1.29 is 14.4 Å². The Morgan fingerprint density at radius 1 is 0.422 bits per heavy atom. The third-order valence-electron chi connectivity index (χ3n) is 9.20. The van der Waals surface area contributed by atoms with Gasteiger partial charge in [0.15, 0.2) is 0 Å². The second-order valence-electron chi connectivity index (χ2n) is 13.7. The van der Waals surface area contributed by atoms with Crippen LogP contribution in [0.15, 0.2) is 0 Å². The van der Waals surface area contributed by atoms with Crippen molar-refractivity contribution in [1.82, 2.24) is 10.6 Å². The van der Waals surface area contributed by atoms with Crippen molar-refractivity contribution in [3.63, 3.8) is 0 Å². The Morgan fingerprint density at radius 2 is 0.689 bits per heavy atom. The zero-order valence-electron chi connectivity index (χ0n) is 30.2. The lowest BCUT2D eigenvalue weighted by Gasteiger charge is -2.16. The minimum Gasteiger partial charge on any atom is -0.368 e. The van der Waals surface area contributed by atoms with Crippen LogP contribution < -0.4 is 16.4 Å². The van der Waals surface area contributed by atoms with Gasteiger partial charge in [-0.05, 0) is 12.8 Å². The summed E-state index contributed by atoms with van der Waals surface area (Å²) in [6, 6.07) is -0.848. The molecule has 6 nitrogen and oxygen atoms in total. The van der Waals surface area contributed by atoms with E-state index in [0.29, 0.717) is 12.8 Å². The number of nitrogens with one attached hydrogen (secondary N) is 2. The van der Waals surface area contributed by atoms with Crippen LogP contribution in [0, 0.1) is 0 Å². The number of amides is 3. The Bertz CT molecular complexity index is 670. The molecule has 1 atom stereocenters. The maximum absolute atomic E-state index is 12.3. The number of nitrogens with two attached hydrogens (primary N) is 1. The Labute approximate surface area is 280 Å². The van der Waals surface area contributed by atoms with Gasteiger partial charge >= 0.3 is 0 Å². The normalized spacial score (nSPS) is 11.9. The van der Waals surface area contributed by atoms with Gasteiger partial charge in [-0.25, -0.2) is 0 Å². The predicted molar refractivity (Wildman–Crippen MR) is 193 cm³/mol. The highest BCUT2D eigenvalue weighted by atomic mass is 16.2. The first-order chi connectivity index (χ1) is 22.0. The SMILES string of the molecule is CCCCCCCCCCCCCCCCCC(=O)NCC(NC(=O)CCCCCCCCCCCCCCCCC)C(N)=O. The maximum Gasteiger partial charge on any atom is 0.241 e. The van der Waals surface area contributed by atoms with E-state index in [1.165, 1.54) is 161 Å². The zero-order chi connectivity index (χ0) is 33.1. The van der Waals surface area contributed by atoms with E-state index in [9.17, 15) is 14.4 Å². The molecule has 0 bridgehead atoms. The molecule has 0 fully saturated rings. The Hall–Kier alpha value is -1.59. The summed E-state index contributed by atoms with van der Waals surface area (Å²) in [5, 5.41) is 5.50. The van der Waals surface area contributed by atoms with E-state index in [-0.39, 0.29) is 18.4 Å². The van der Waals surface area contributed by atoms with Crippen molar-refractivity contribution >= 4 is 17.7 Å². The van der Waals surface area contributed by atoms with Crippen molar-refractivity contribution in [2.24, 2.45) is 5.73 Å². The molecule has 1 unspecified atom stereocenters. The average molecular weight is 636 g/mol. The molecular formula is C39H77N3O3. The molecule has 0 aliphatic rings. The van der Waals surface area contributed by atoms with Crippen molar-refractivity contribution in [3.8, 4) is 0 Å². The molecule has 6 heteroatoms. The van der Waals surface area contributed by atoms with E-state index < -0.39 is 11.9 Å². The summed E-state index contributed by atoms with van der Waals surface area (Å²) in [5.41, 5.74) is 5.49. The highest BCUT2D eigenvalue weighted by Gasteiger charge is 2.18. The van der Waals surface area contributed by atoms with Gasteiger partial charge in [0.2, 0.25) is 17.7 Å².